The number of fused-ring (bicyclic) bond motifs is 2. The van der Waals surface area contributed by atoms with Crippen LogP contribution in [0.15, 0.2) is 35.2 Å². The van der Waals surface area contributed by atoms with E-state index in [1.807, 2.05) is 5.51 Å². The summed E-state index contributed by atoms with van der Waals surface area (Å²) >= 11 is 1.66. The van der Waals surface area contributed by atoms with Crippen LogP contribution in [-0.2, 0) is 29.0 Å². The molecule has 0 spiro atoms. The lowest BCUT2D eigenvalue weighted by Crippen LogP contribution is -2.32. The quantitative estimate of drug-likeness (QED) is 0.647. The number of carbonyl (C=O) groups is 2. The van der Waals surface area contributed by atoms with Crippen LogP contribution in [0.3, 0.4) is 0 Å². The zero-order valence-electron chi connectivity index (χ0n) is 15.8. The molecular weight excluding hydrogens is 394 g/mol. The SMILES string of the molecule is O=C(O)/C=C/C(=O)O.c1nc(CN2CCOc3cc4c(cc32)CCNCC4)cs1. The maximum absolute atomic E-state index is 9.55. The number of nitrogens with zero attached hydrogens (tertiary/aromatic N) is 2. The number of aliphatic carboxylic acids is 2. The normalized spacial score (nSPS) is 15.4. The van der Waals surface area contributed by atoms with Crippen molar-refractivity contribution in [3.63, 3.8) is 0 Å². The predicted molar refractivity (Wildman–Crippen MR) is 110 cm³/mol. The molecule has 154 valence electrons. The number of nitrogens with one attached hydrogen (secondary N) is 1. The summed E-state index contributed by atoms with van der Waals surface area (Å²) in [6.45, 7) is 4.69. The van der Waals surface area contributed by atoms with E-state index in [1.54, 1.807) is 11.3 Å². The summed E-state index contributed by atoms with van der Waals surface area (Å²) in [4.78, 5) is 25.9. The number of carboxylic acids is 2. The van der Waals surface area contributed by atoms with Gasteiger partial charge in [-0.2, -0.15) is 0 Å². The number of aromatic nitrogens is 1. The zero-order valence-corrected chi connectivity index (χ0v) is 16.7. The molecule has 4 rings (SSSR count). The average molecular weight is 417 g/mol. The third-order valence-corrected chi connectivity index (χ3v) is 5.22. The molecule has 0 saturated carbocycles. The lowest BCUT2D eigenvalue weighted by Gasteiger charge is -2.31. The van der Waals surface area contributed by atoms with Crippen LogP contribution < -0.4 is 15.0 Å². The average Bonchev–Trinajstić information content (AvgIpc) is 3.09. The van der Waals surface area contributed by atoms with Gasteiger partial charge in [-0.05, 0) is 49.2 Å². The molecule has 9 heteroatoms. The lowest BCUT2D eigenvalue weighted by atomic mass is 10.0. The smallest absolute Gasteiger partial charge is 0.328 e. The van der Waals surface area contributed by atoms with Gasteiger partial charge < -0.3 is 25.2 Å². The van der Waals surface area contributed by atoms with Crippen molar-refractivity contribution in [2.75, 3.05) is 31.1 Å². The molecule has 0 aliphatic carbocycles. The van der Waals surface area contributed by atoms with Gasteiger partial charge in [-0.15, -0.1) is 11.3 Å². The summed E-state index contributed by atoms with van der Waals surface area (Å²) in [6, 6.07) is 4.59. The fourth-order valence-electron chi connectivity index (χ4n) is 3.26. The van der Waals surface area contributed by atoms with E-state index in [0.717, 1.165) is 57.1 Å². The highest BCUT2D eigenvalue weighted by molar-refractivity contribution is 7.07. The van der Waals surface area contributed by atoms with E-state index < -0.39 is 11.9 Å². The zero-order chi connectivity index (χ0) is 20.6. The Morgan fingerprint density at radius 2 is 1.86 bits per heavy atom. The van der Waals surface area contributed by atoms with Crippen LogP contribution in [0.1, 0.15) is 16.8 Å². The van der Waals surface area contributed by atoms with Crippen molar-refractivity contribution in [3.05, 3.63) is 52.0 Å². The monoisotopic (exact) mass is 417 g/mol. The number of hydrogen-bond donors (Lipinski definition) is 3. The predicted octanol–water partition coefficient (Wildman–Crippen LogP) is 1.94. The summed E-state index contributed by atoms with van der Waals surface area (Å²) in [6.07, 6.45) is 3.32. The Morgan fingerprint density at radius 3 is 2.48 bits per heavy atom. The van der Waals surface area contributed by atoms with E-state index in [1.165, 1.54) is 16.8 Å². The van der Waals surface area contributed by atoms with Crippen LogP contribution in [-0.4, -0.2) is 53.4 Å². The molecule has 2 aromatic rings. The Kier molecular flexibility index (Phi) is 7.20. The molecule has 0 bridgehead atoms. The van der Waals surface area contributed by atoms with Gasteiger partial charge in [-0.3, -0.25) is 0 Å². The number of hydrogen-bond acceptors (Lipinski definition) is 7. The second-order valence-electron chi connectivity index (χ2n) is 6.60. The number of thiazole rings is 1. The van der Waals surface area contributed by atoms with Crippen molar-refractivity contribution in [1.82, 2.24) is 10.3 Å². The first-order chi connectivity index (χ1) is 14.0. The largest absolute Gasteiger partial charge is 0.490 e. The second-order valence-corrected chi connectivity index (χ2v) is 7.32. The van der Waals surface area contributed by atoms with Gasteiger partial charge in [0.1, 0.15) is 12.4 Å². The van der Waals surface area contributed by atoms with Crippen molar-refractivity contribution < 1.29 is 24.5 Å². The summed E-state index contributed by atoms with van der Waals surface area (Å²) < 4.78 is 5.90. The molecule has 8 nitrogen and oxygen atoms in total. The highest BCUT2D eigenvalue weighted by Gasteiger charge is 2.21. The number of benzene rings is 1. The van der Waals surface area contributed by atoms with Crippen LogP contribution in [0.2, 0.25) is 0 Å². The molecule has 1 aromatic carbocycles. The summed E-state index contributed by atoms with van der Waals surface area (Å²) in [5, 5.41) is 21.2. The molecule has 0 atom stereocenters. The summed E-state index contributed by atoms with van der Waals surface area (Å²) in [5.74, 6) is -1.48. The topological polar surface area (TPSA) is 112 Å². The number of anilines is 1. The van der Waals surface area contributed by atoms with Gasteiger partial charge in [-0.1, -0.05) is 0 Å². The van der Waals surface area contributed by atoms with Crippen molar-refractivity contribution in [2.45, 2.75) is 19.4 Å². The second kappa shape index (κ2) is 10.0. The first kappa shape index (κ1) is 20.8. The molecule has 2 aliphatic rings. The Balaban J connectivity index is 0.000000258. The third kappa shape index (κ3) is 6.03. The Morgan fingerprint density at radius 1 is 1.17 bits per heavy atom. The maximum atomic E-state index is 9.55. The molecule has 0 saturated heterocycles. The highest BCUT2D eigenvalue weighted by Crippen LogP contribution is 2.36. The van der Waals surface area contributed by atoms with E-state index in [4.69, 9.17) is 14.9 Å². The van der Waals surface area contributed by atoms with E-state index in [-0.39, 0.29) is 0 Å². The number of rotatable bonds is 4. The Labute approximate surface area is 172 Å². The van der Waals surface area contributed by atoms with Crippen molar-refractivity contribution in [1.29, 1.82) is 0 Å². The first-order valence-electron chi connectivity index (χ1n) is 9.28. The van der Waals surface area contributed by atoms with Crippen LogP contribution in [0.25, 0.3) is 0 Å². The van der Waals surface area contributed by atoms with Crippen LogP contribution in [0.4, 0.5) is 5.69 Å². The highest BCUT2D eigenvalue weighted by atomic mass is 32.1. The molecule has 1 aromatic heterocycles. The number of carboxylic acid groups (broad SMARTS) is 2. The van der Waals surface area contributed by atoms with Gasteiger partial charge in [0, 0.05) is 17.5 Å². The van der Waals surface area contributed by atoms with Gasteiger partial charge in [0.2, 0.25) is 0 Å². The molecule has 3 N–H and O–H groups in total. The van der Waals surface area contributed by atoms with Crippen LogP contribution >= 0.6 is 11.3 Å². The van der Waals surface area contributed by atoms with E-state index in [9.17, 15) is 9.59 Å². The van der Waals surface area contributed by atoms with Crippen molar-refractivity contribution >= 4 is 29.0 Å². The Bertz CT molecular complexity index is 866. The fraction of sp³-hybridized carbons (Fsp3) is 0.350. The maximum Gasteiger partial charge on any atom is 0.328 e. The lowest BCUT2D eigenvalue weighted by molar-refractivity contribution is -0.134. The molecule has 0 radical (unpaired) electrons. The van der Waals surface area contributed by atoms with Crippen molar-refractivity contribution in [2.24, 2.45) is 0 Å². The van der Waals surface area contributed by atoms with Gasteiger partial charge in [-0.25, -0.2) is 14.6 Å². The van der Waals surface area contributed by atoms with E-state index in [0.29, 0.717) is 12.2 Å². The summed E-state index contributed by atoms with van der Waals surface area (Å²) in [7, 11) is 0. The fourth-order valence-corrected chi connectivity index (χ4v) is 3.81. The molecule has 0 unspecified atom stereocenters. The third-order valence-electron chi connectivity index (χ3n) is 4.59. The van der Waals surface area contributed by atoms with Gasteiger partial charge in [0.25, 0.3) is 0 Å². The van der Waals surface area contributed by atoms with Gasteiger partial charge in [0.15, 0.2) is 0 Å². The molecule has 29 heavy (non-hydrogen) atoms. The van der Waals surface area contributed by atoms with Crippen LogP contribution in [0.5, 0.6) is 5.75 Å². The van der Waals surface area contributed by atoms with Gasteiger partial charge >= 0.3 is 11.9 Å². The van der Waals surface area contributed by atoms with Crippen LogP contribution in [0, 0.1) is 0 Å². The Hall–Kier alpha value is -2.91. The minimum Gasteiger partial charge on any atom is -0.490 e. The number of ether oxygens (including phenoxy) is 1. The first-order valence-corrected chi connectivity index (χ1v) is 10.2. The summed E-state index contributed by atoms with van der Waals surface area (Å²) in [5.41, 5.74) is 7.18. The molecule has 3 heterocycles. The molecule has 2 aliphatic heterocycles. The molecular formula is C20H23N3O5S. The minimum absolute atomic E-state index is 0.558. The standard InChI is InChI=1S/C16H19N3OS.C4H4O4/c1-3-17-4-2-13-8-16-15(7-12(1)13)19(5-6-20-16)9-14-10-21-11-18-14;5-3(6)1-2-4(7)8/h7-8,10-11,17H,1-6,9H2;1-2H,(H,5,6)(H,7,8)/b;2-1+. The van der Waals surface area contributed by atoms with Crippen molar-refractivity contribution in [3.8, 4) is 5.75 Å². The minimum atomic E-state index is -1.26. The molecule has 0 fully saturated rings. The van der Waals surface area contributed by atoms with E-state index >= 15 is 0 Å². The van der Waals surface area contributed by atoms with Gasteiger partial charge in [0.05, 0.1) is 30.0 Å². The van der Waals surface area contributed by atoms with E-state index in [2.05, 4.69) is 32.7 Å². The molecule has 0 amide bonds.